The summed E-state index contributed by atoms with van der Waals surface area (Å²) >= 11 is 0. The smallest absolute Gasteiger partial charge is 0.0326 e. The molecule has 1 aliphatic rings. The Morgan fingerprint density at radius 2 is 1.55 bits per heavy atom. The van der Waals surface area contributed by atoms with Crippen LogP contribution in [0.3, 0.4) is 0 Å². The fourth-order valence-corrected chi connectivity index (χ4v) is 4.03. The van der Waals surface area contributed by atoms with Crippen molar-refractivity contribution in [3.8, 4) is 0 Å². The maximum Gasteiger partial charge on any atom is 0.0326 e. The van der Waals surface area contributed by atoms with Gasteiger partial charge in [-0.15, -0.1) is 0 Å². The van der Waals surface area contributed by atoms with Gasteiger partial charge in [-0.3, -0.25) is 0 Å². The molecule has 1 fully saturated rings. The van der Waals surface area contributed by atoms with Crippen molar-refractivity contribution in [1.29, 1.82) is 0 Å². The molecule has 0 bridgehead atoms. The van der Waals surface area contributed by atoms with Crippen LogP contribution in [-0.2, 0) is 5.41 Å². The van der Waals surface area contributed by atoms with Crippen LogP contribution < -0.4 is 5.73 Å². The Balaban J connectivity index is 2.27. The average Bonchev–Trinajstić information content (AvgIpc) is 2.35. The van der Waals surface area contributed by atoms with Crippen LogP contribution in [0.1, 0.15) is 71.0 Å². The molecule has 0 radical (unpaired) electrons. The minimum Gasteiger partial charge on any atom is -0.324 e. The standard InChI is InChI=1S/C19H31N/c1-13-10-14(2)12-15(11-13)18(20)16-8-6-7-9-17(16)19(3,4)5/h6-9,13-15,18H,10-12,20H2,1-5H3. The van der Waals surface area contributed by atoms with Crippen molar-refractivity contribution < 1.29 is 0 Å². The topological polar surface area (TPSA) is 26.0 Å². The predicted octanol–water partition coefficient (Wildman–Crippen LogP) is 5.06. The van der Waals surface area contributed by atoms with E-state index in [1.165, 1.54) is 30.4 Å². The lowest BCUT2D eigenvalue weighted by atomic mass is 9.71. The van der Waals surface area contributed by atoms with Crippen LogP contribution in [0.25, 0.3) is 0 Å². The Labute approximate surface area is 125 Å². The van der Waals surface area contributed by atoms with Gasteiger partial charge in [0.25, 0.3) is 0 Å². The van der Waals surface area contributed by atoms with E-state index >= 15 is 0 Å². The largest absolute Gasteiger partial charge is 0.324 e. The quantitative estimate of drug-likeness (QED) is 0.801. The van der Waals surface area contributed by atoms with Gasteiger partial charge in [-0.2, -0.15) is 0 Å². The number of nitrogens with two attached hydrogens (primary N) is 1. The van der Waals surface area contributed by atoms with Crippen molar-refractivity contribution in [2.24, 2.45) is 23.5 Å². The van der Waals surface area contributed by atoms with Gasteiger partial charge in [-0.1, -0.05) is 58.9 Å². The molecule has 0 heterocycles. The maximum absolute atomic E-state index is 6.69. The third-order valence-electron chi connectivity index (χ3n) is 4.85. The van der Waals surface area contributed by atoms with Gasteiger partial charge in [0.15, 0.2) is 0 Å². The number of hydrogen-bond acceptors (Lipinski definition) is 1. The van der Waals surface area contributed by atoms with Crippen molar-refractivity contribution in [3.05, 3.63) is 35.4 Å². The highest BCUT2D eigenvalue weighted by atomic mass is 14.7. The second kappa shape index (κ2) is 5.89. The lowest BCUT2D eigenvalue weighted by molar-refractivity contribution is 0.192. The van der Waals surface area contributed by atoms with E-state index in [-0.39, 0.29) is 11.5 Å². The molecule has 0 spiro atoms. The van der Waals surface area contributed by atoms with E-state index < -0.39 is 0 Å². The highest BCUT2D eigenvalue weighted by Gasteiger charge is 2.31. The highest BCUT2D eigenvalue weighted by Crippen LogP contribution is 2.41. The second-order valence-corrected chi connectivity index (χ2v) is 8.04. The molecule has 0 saturated heterocycles. The van der Waals surface area contributed by atoms with Crippen LogP contribution in [0.2, 0.25) is 0 Å². The summed E-state index contributed by atoms with van der Waals surface area (Å²) < 4.78 is 0. The van der Waals surface area contributed by atoms with E-state index in [1.54, 1.807) is 0 Å². The molecule has 2 rings (SSSR count). The minimum atomic E-state index is 0.167. The van der Waals surface area contributed by atoms with E-state index in [0.29, 0.717) is 5.92 Å². The van der Waals surface area contributed by atoms with Gasteiger partial charge >= 0.3 is 0 Å². The number of rotatable bonds is 2. The summed E-state index contributed by atoms with van der Waals surface area (Å²) in [7, 11) is 0. The zero-order valence-corrected chi connectivity index (χ0v) is 13.8. The van der Waals surface area contributed by atoms with E-state index in [2.05, 4.69) is 58.9 Å². The molecule has 0 amide bonds. The summed E-state index contributed by atoms with van der Waals surface area (Å²) in [4.78, 5) is 0. The van der Waals surface area contributed by atoms with Gasteiger partial charge in [0, 0.05) is 6.04 Å². The van der Waals surface area contributed by atoms with Crippen LogP contribution in [0.15, 0.2) is 24.3 Å². The lowest BCUT2D eigenvalue weighted by Gasteiger charge is -2.37. The van der Waals surface area contributed by atoms with Crippen molar-refractivity contribution in [1.82, 2.24) is 0 Å². The SMILES string of the molecule is CC1CC(C)CC(C(N)c2ccccc2C(C)(C)C)C1. The average molecular weight is 273 g/mol. The molecular weight excluding hydrogens is 242 g/mol. The molecule has 2 N–H and O–H groups in total. The van der Waals surface area contributed by atoms with Gasteiger partial charge in [0.1, 0.15) is 0 Å². The van der Waals surface area contributed by atoms with E-state index in [9.17, 15) is 0 Å². The molecule has 1 saturated carbocycles. The molecule has 0 aliphatic heterocycles. The molecule has 1 aromatic rings. The summed E-state index contributed by atoms with van der Waals surface area (Å²) in [6.07, 6.45) is 3.93. The molecule has 1 nitrogen and oxygen atoms in total. The van der Waals surface area contributed by atoms with Crippen LogP contribution in [0, 0.1) is 17.8 Å². The zero-order valence-electron chi connectivity index (χ0n) is 13.8. The third kappa shape index (κ3) is 3.44. The number of benzene rings is 1. The van der Waals surface area contributed by atoms with E-state index in [4.69, 9.17) is 5.73 Å². The summed E-state index contributed by atoms with van der Waals surface area (Å²) in [5.74, 6) is 2.27. The normalized spacial score (nSPS) is 29.2. The Bertz CT molecular complexity index is 433. The summed E-state index contributed by atoms with van der Waals surface area (Å²) in [6, 6.07) is 8.97. The molecule has 1 heteroatoms. The zero-order chi connectivity index (χ0) is 14.9. The molecule has 3 unspecified atom stereocenters. The van der Waals surface area contributed by atoms with Gasteiger partial charge < -0.3 is 5.73 Å². The lowest BCUT2D eigenvalue weighted by Crippen LogP contribution is -2.31. The second-order valence-electron chi connectivity index (χ2n) is 8.04. The van der Waals surface area contributed by atoms with Crippen LogP contribution >= 0.6 is 0 Å². The third-order valence-corrected chi connectivity index (χ3v) is 4.85. The van der Waals surface area contributed by atoms with Crippen molar-refractivity contribution in [2.75, 3.05) is 0 Å². The molecule has 3 atom stereocenters. The first kappa shape index (κ1) is 15.6. The Hall–Kier alpha value is -0.820. The molecule has 1 aromatic carbocycles. The van der Waals surface area contributed by atoms with Crippen molar-refractivity contribution in [3.63, 3.8) is 0 Å². The fraction of sp³-hybridized carbons (Fsp3) is 0.684. The Morgan fingerprint density at radius 3 is 2.10 bits per heavy atom. The van der Waals surface area contributed by atoms with Gasteiger partial charge in [-0.05, 0) is 53.6 Å². The van der Waals surface area contributed by atoms with E-state index in [1.807, 2.05) is 0 Å². The Kier molecular flexibility index (Phi) is 4.59. The van der Waals surface area contributed by atoms with Gasteiger partial charge in [-0.25, -0.2) is 0 Å². The molecule has 1 aliphatic carbocycles. The summed E-state index contributed by atoms with van der Waals surface area (Å²) in [5, 5.41) is 0. The molecular formula is C19H31N. The van der Waals surface area contributed by atoms with Gasteiger partial charge in [0.2, 0.25) is 0 Å². The van der Waals surface area contributed by atoms with Crippen LogP contribution in [-0.4, -0.2) is 0 Å². The summed E-state index contributed by atoms with van der Waals surface area (Å²) in [5.41, 5.74) is 9.64. The molecule has 20 heavy (non-hydrogen) atoms. The highest BCUT2D eigenvalue weighted by molar-refractivity contribution is 5.35. The van der Waals surface area contributed by atoms with Crippen molar-refractivity contribution >= 4 is 0 Å². The van der Waals surface area contributed by atoms with Crippen LogP contribution in [0.5, 0.6) is 0 Å². The first-order valence-corrected chi connectivity index (χ1v) is 8.14. The minimum absolute atomic E-state index is 0.167. The molecule has 0 aromatic heterocycles. The number of hydrogen-bond donors (Lipinski definition) is 1. The first-order valence-electron chi connectivity index (χ1n) is 8.14. The Morgan fingerprint density at radius 1 is 1.00 bits per heavy atom. The van der Waals surface area contributed by atoms with E-state index in [0.717, 1.165) is 11.8 Å². The van der Waals surface area contributed by atoms with Crippen molar-refractivity contribution in [2.45, 2.75) is 65.3 Å². The molecule has 112 valence electrons. The maximum atomic E-state index is 6.69. The fourth-order valence-electron chi connectivity index (χ4n) is 4.03. The van der Waals surface area contributed by atoms with Gasteiger partial charge in [0.05, 0.1) is 0 Å². The van der Waals surface area contributed by atoms with Crippen LogP contribution in [0.4, 0.5) is 0 Å². The summed E-state index contributed by atoms with van der Waals surface area (Å²) in [6.45, 7) is 11.6. The monoisotopic (exact) mass is 273 g/mol. The first-order chi connectivity index (χ1) is 9.29. The predicted molar refractivity (Wildman–Crippen MR) is 87.7 cm³/mol.